The Morgan fingerprint density at radius 1 is 0.947 bits per heavy atom. The van der Waals surface area contributed by atoms with Gasteiger partial charge in [0, 0.05) is 22.5 Å². The summed E-state index contributed by atoms with van der Waals surface area (Å²) in [6, 6.07) is 14.9. The van der Waals surface area contributed by atoms with Crippen molar-refractivity contribution in [2.45, 2.75) is 12.0 Å². The third kappa shape index (κ3) is 3.48. The number of halogens is 2. The standard InChI is InChI=1S/C15H15Cl2NO/c16-12-5-1-3-10(7-12)15(14(19)9-18)11-4-2-6-13(17)8-11/h1-8,14-15,19H,9,18H2. The Bertz CT molecular complexity index is 514. The molecule has 4 heteroatoms. The van der Waals surface area contributed by atoms with Crippen molar-refractivity contribution in [3.8, 4) is 0 Å². The molecule has 0 saturated heterocycles. The van der Waals surface area contributed by atoms with E-state index in [9.17, 15) is 5.11 Å². The zero-order chi connectivity index (χ0) is 13.8. The average molecular weight is 296 g/mol. The molecule has 0 bridgehead atoms. The number of aliphatic hydroxyl groups is 1. The summed E-state index contributed by atoms with van der Waals surface area (Å²) in [4.78, 5) is 0. The molecule has 0 heterocycles. The van der Waals surface area contributed by atoms with E-state index >= 15 is 0 Å². The second kappa shape index (κ2) is 6.40. The fraction of sp³-hybridized carbons (Fsp3) is 0.200. The Labute approximate surface area is 122 Å². The van der Waals surface area contributed by atoms with Crippen LogP contribution in [-0.4, -0.2) is 17.8 Å². The Morgan fingerprint density at radius 2 is 1.42 bits per heavy atom. The monoisotopic (exact) mass is 295 g/mol. The van der Waals surface area contributed by atoms with Gasteiger partial charge >= 0.3 is 0 Å². The van der Waals surface area contributed by atoms with E-state index in [1.165, 1.54) is 0 Å². The van der Waals surface area contributed by atoms with Gasteiger partial charge in [0.25, 0.3) is 0 Å². The summed E-state index contributed by atoms with van der Waals surface area (Å²) in [7, 11) is 0. The highest BCUT2D eigenvalue weighted by molar-refractivity contribution is 6.31. The molecule has 1 atom stereocenters. The van der Waals surface area contributed by atoms with Crippen LogP contribution in [0.15, 0.2) is 48.5 Å². The van der Waals surface area contributed by atoms with E-state index in [0.717, 1.165) is 11.1 Å². The average Bonchev–Trinajstić information content (AvgIpc) is 2.39. The normalized spacial score (nSPS) is 12.7. The molecule has 0 radical (unpaired) electrons. The molecule has 0 aliphatic heterocycles. The SMILES string of the molecule is NCC(O)C(c1cccc(Cl)c1)c1cccc(Cl)c1. The largest absolute Gasteiger partial charge is 0.391 e. The summed E-state index contributed by atoms with van der Waals surface area (Å²) in [6.45, 7) is 0.170. The van der Waals surface area contributed by atoms with Crippen LogP contribution in [-0.2, 0) is 0 Å². The van der Waals surface area contributed by atoms with E-state index in [-0.39, 0.29) is 12.5 Å². The predicted molar refractivity (Wildman–Crippen MR) is 79.8 cm³/mol. The van der Waals surface area contributed by atoms with Crippen molar-refractivity contribution >= 4 is 23.2 Å². The van der Waals surface area contributed by atoms with Crippen molar-refractivity contribution in [2.75, 3.05) is 6.54 Å². The molecular formula is C15H15Cl2NO. The first-order valence-corrected chi connectivity index (χ1v) is 6.76. The number of hydrogen-bond donors (Lipinski definition) is 2. The third-order valence-corrected chi connectivity index (χ3v) is 3.51. The molecule has 0 aromatic heterocycles. The van der Waals surface area contributed by atoms with E-state index in [2.05, 4.69) is 0 Å². The molecule has 2 rings (SSSR count). The van der Waals surface area contributed by atoms with Gasteiger partial charge in [0.1, 0.15) is 0 Å². The second-order valence-corrected chi connectivity index (χ2v) is 5.26. The van der Waals surface area contributed by atoms with Crippen LogP contribution in [0.2, 0.25) is 10.0 Å². The highest BCUT2D eigenvalue weighted by Crippen LogP contribution is 2.30. The molecule has 2 aromatic rings. The van der Waals surface area contributed by atoms with Gasteiger partial charge in [0.05, 0.1) is 6.10 Å². The highest BCUT2D eigenvalue weighted by atomic mass is 35.5. The number of rotatable bonds is 4. The Kier molecular flexibility index (Phi) is 4.83. The predicted octanol–water partition coefficient (Wildman–Crippen LogP) is 3.44. The van der Waals surface area contributed by atoms with Gasteiger partial charge in [-0.15, -0.1) is 0 Å². The van der Waals surface area contributed by atoms with E-state index < -0.39 is 6.10 Å². The van der Waals surface area contributed by atoms with Crippen LogP contribution in [0.1, 0.15) is 17.0 Å². The van der Waals surface area contributed by atoms with E-state index in [1.54, 1.807) is 12.1 Å². The zero-order valence-corrected chi connectivity index (χ0v) is 11.8. The molecule has 0 aliphatic rings. The van der Waals surface area contributed by atoms with Crippen LogP contribution in [0.3, 0.4) is 0 Å². The number of benzene rings is 2. The molecule has 2 nitrogen and oxygen atoms in total. The van der Waals surface area contributed by atoms with Crippen molar-refractivity contribution in [1.82, 2.24) is 0 Å². The van der Waals surface area contributed by atoms with Crippen LogP contribution in [0, 0.1) is 0 Å². The molecule has 19 heavy (non-hydrogen) atoms. The van der Waals surface area contributed by atoms with Crippen LogP contribution in [0.5, 0.6) is 0 Å². The minimum absolute atomic E-state index is 0.170. The fourth-order valence-electron chi connectivity index (χ4n) is 2.17. The quantitative estimate of drug-likeness (QED) is 0.907. The fourth-order valence-corrected chi connectivity index (χ4v) is 2.57. The first kappa shape index (κ1) is 14.4. The van der Waals surface area contributed by atoms with Gasteiger partial charge in [-0.1, -0.05) is 47.5 Å². The molecular weight excluding hydrogens is 281 g/mol. The Hall–Kier alpha value is -1.06. The lowest BCUT2D eigenvalue weighted by Crippen LogP contribution is -2.28. The molecule has 0 amide bonds. The smallest absolute Gasteiger partial charge is 0.0771 e. The zero-order valence-electron chi connectivity index (χ0n) is 10.3. The first-order chi connectivity index (χ1) is 9.11. The van der Waals surface area contributed by atoms with Gasteiger partial charge in [-0.05, 0) is 35.4 Å². The maximum atomic E-state index is 10.2. The van der Waals surface area contributed by atoms with E-state index in [1.807, 2.05) is 36.4 Å². The summed E-state index contributed by atoms with van der Waals surface area (Å²) in [5.41, 5.74) is 7.46. The molecule has 2 aromatic carbocycles. The summed E-state index contributed by atoms with van der Waals surface area (Å²) in [6.07, 6.45) is -0.683. The maximum absolute atomic E-state index is 10.2. The lowest BCUT2D eigenvalue weighted by Gasteiger charge is -2.23. The lowest BCUT2D eigenvalue weighted by atomic mass is 9.86. The number of aliphatic hydroxyl groups excluding tert-OH is 1. The molecule has 0 aliphatic carbocycles. The summed E-state index contributed by atoms with van der Waals surface area (Å²) in [5, 5.41) is 11.5. The van der Waals surface area contributed by atoms with Gasteiger partial charge in [0.15, 0.2) is 0 Å². The Morgan fingerprint density at radius 3 is 1.79 bits per heavy atom. The minimum atomic E-state index is -0.683. The molecule has 0 saturated carbocycles. The summed E-state index contributed by atoms with van der Waals surface area (Å²) in [5.74, 6) is -0.234. The van der Waals surface area contributed by atoms with Crippen LogP contribution < -0.4 is 5.73 Å². The van der Waals surface area contributed by atoms with Crippen molar-refractivity contribution < 1.29 is 5.11 Å². The van der Waals surface area contributed by atoms with Crippen molar-refractivity contribution in [2.24, 2.45) is 5.73 Å². The highest BCUT2D eigenvalue weighted by Gasteiger charge is 2.22. The van der Waals surface area contributed by atoms with E-state index in [4.69, 9.17) is 28.9 Å². The van der Waals surface area contributed by atoms with Gasteiger partial charge in [0.2, 0.25) is 0 Å². The first-order valence-electron chi connectivity index (χ1n) is 6.01. The second-order valence-electron chi connectivity index (χ2n) is 4.39. The lowest BCUT2D eigenvalue weighted by molar-refractivity contribution is 0.164. The molecule has 100 valence electrons. The van der Waals surface area contributed by atoms with Gasteiger partial charge in [-0.2, -0.15) is 0 Å². The van der Waals surface area contributed by atoms with Crippen molar-refractivity contribution in [3.63, 3.8) is 0 Å². The molecule has 0 spiro atoms. The Balaban J connectivity index is 2.47. The number of nitrogens with two attached hydrogens (primary N) is 1. The third-order valence-electron chi connectivity index (χ3n) is 3.04. The summed E-state index contributed by atoms with van der Waals surface area (Å²) >= 11 is 12.0. The minimum Gasteiger partial charge on any atom is -0.391 e. The van der Waals surface area contributed by atoms with Gasteiger partial charge < -0.3 is 10.8 Å². The van der Waals surface area contributed by atoms with Crippen molar-refractivity contribution in [3.05, 3.63) is 69.7 Å². The van der Waals surface area contributed by atoms with Crippen molar-refractivity contribution in [1.29, 1.82) is 0 Å². The summed E-state index contributed by atoms with van der Waals surface area (Å²) < 4.78 is 0. The van der Waals surface area contributed by atoms with Crippen LogP contribution >= 0.6 is 23.2 Å². The molecule has 1 unspecified atom stereocenters. The maximum Gasteiger partial charge on any atom is 0.0771 e. The molecule has 0 fully saturated rings. The van der Waals surface area contributed by atoms with Crippen LogP contribution in [0.25, 0.3) is 0 Å². The van der Waals surface area contributed by atoms with Crippen LogP contribution in [0.4, 0.5) is 0 Å². The van der Waals surface area contributed by atoms with E-state index in [0.29, 0.717) is 10.0 Å². The van der Waals surface area contributed by atoms with Gasteiger partial charge in [-0.25, -0.2) is 0 Å². The number of hydrogen-bond acceptors (Lipinski definition) is 2. The molecule has 3 N–H and O–H groups in total. The topological polar surface area (TPSA) is 46.2 Å². The van der Waals surface area contributed by atoms with Gasteiger partial charge in [-0.3, -0.25) is 0 Å².